The van der Waals surface area contributed by atoms with Crippen LogP contribution in [-0.4, -0.2) is 54.5 Å². The molecule has 0 spiro atoms. The van der Waals surface area contributed by atoms with E-state index in [0.717, 1.165) is 32.6 Å². The van der Waals surface area contributed by atoms with E-state index in [1.54, 1.807) is 0 Å². The van der Waals surface area contributed by atoms with Crippen LogP contribution in [0.1, 0.15) is 18.9 Å². The number of carbonyl (C=O) groups excluding carboxylic acids is 1. The molecule has 2 N–H and O–H groups in total. The Morgan fingerprint density at radius 1 is 1.20 bits per heavy atom. The Kier molecular flexibility index (Phi) is 5.56. The van der Waals surface area contributed by atoms with E-state index in [4.69, 9.17) is 5.73 Å². The lowest BCUT2D eigenvalue weighted by Crippen LogP contribution is -2.51. The maximum Gasteiger partial charge on any atom is 0.231 e. The number of amides is 1. The third-order valence-electron chi connectivity index (χ3n) is 4.10. The second-order valence-electron chi connectivity index (χ2n) is 5.65. The summed E-state index contributed by atoms with van der Waals surface area (Å²) < 4.78 is 0. The van der Waals surface area contributed by atoms with Crippen molar-refractivity contribution >= 4 is 5.91 Å². The van der Waals surface area contributed by atoms with E-state index >= 15 is 0 Å². The molecule has 0 bridgehead atoms. The Hall–Kier alpha value is -1.39. The average Bonchev–Trinajstić information content (AvgIpc) is 2.46. The minimum atomic E-state index is -0.226. The van der Waals surface area contributed by atoms with E-state index < -0.39 is 0 Å². The number of aryl methyl sites for hydroxylation is 1. The molecule has 1 aromatic carbocycles. The van der Waals surface area contributed by atoms with Gasteiger partial charge in [-0.1, -0.05) is 30.3 Å². The van der Waals surface area contributed by atoms with Crippen molar-refractivity contribution in [2.75, 3.05) is 32.7 Å². The molecule has 1 aromatic rings. The van der Waals surface area contributed by atoms with Crippen LogP contribution >= 0.6 is 0 Å². The summed E-state index contributed by atoms with van der Waals surface area (Å²) >= 11 is 0. The van der Waals surface area contributed by atoms with Gasteiger partial charge in [-0.05, 0) is 25.3 Å². The molecule has 4 nitrogen and oxygen atoms in total. The van der Waals surface area contributed by atoms with Crippen molar-refractivity contribution in [3.05, 3.63) is 35.9 Å². The summed E-state index contributed by atoms with van der Waals surface area (Å²) in [5, 5.41) is 0. The van der Waals surface area contributed by atoms with Crippen LogP contribution in [0.4, 0.5) is 0 Å². The summed E-state index contributed by atoms with van der Waals surface area (Å²) in [6, 6.07) is 11.2. The third-order valence-corrected chi connectivity index (χ3v) is 4.10. The molecule has 4 heteroatoms. The van der Waals surface area contributed by atoms with Gasteiger partial charge in [0.15, 0.2) is 0 Å². The first kappa shape index (κ1) is 15.0. The molecule has 1 amide bonds. The van der Waals surface area contributed by atoms with Crippen molar-refractivity contribution in [2.45, 2.75) is 25.8 Å². The predicted octanol–water partition coefficient (Wildman–Crippen LogP) is 1.11. The second kappa shape index (κ2) is 7.41. The van der Waals surface area contributed by atoms with E-state index in [1.807, 2.05) is 0 Å². The lowest BCUT2D eigenvalue weighted by Gasteiger charge is -2.37. The van der Waals surface area contributed by atoms with Gasteiger partial charge in [-0.3, -0.25) is 14.6 Å². The molecule has 0 radical (unpaired) electrons. The summed E-state index contributed by atoms with van der Waals surface area (Å²) in [4.78, 5) is 15.6. The molecule has 110 valence electrons. The highest BCUT2D eigenvalue weighted by Crippen LogP contribution is 2.12. The zero-order valence-corrected chi connectivity index (χ0v) is 12.3. The van der Waals surface area contributed by atoms with Crippen LogP contribution in [0.25, 0.3) is 0 Å². The quantitative estimate of drug-likeness (QED) is 0.846. The highest BCUT2D eigenvalue weighted by molar-refractivity contribution is 5.75. The Labute approximate surface area is 121 Å². The Morgan fingerprint density at radius 3 is 2.45 bits per heavy atom. The number of hydrogen-bond acceptors (Lipinski definition) is 3. The summed E-state index contributed by atoms with van der Waals surface area (Å²) in [5.41, 5.74) is 6.64. The zero-order valence-electron chi connectivity index (χ0n) is 12.3. The van der Waals surface area contributed by atoms with Crippen LogP contribution in [0.2, 0.25) is 0 Å². The fourth-order valence-electron chi connectivity index (χ4n) is 2.79. The van der Waals surface area contributed by atoms with Crippen LogP contribution in [0.5, 0.6) is 0 Å². The van der Waals surface area contributed by atoms with E-state index in [9.17, 15) is 4.79 Å². The number of piperazine rings is 1. The number of benzene rings is 1. The van der Waals surface area contributed by atoms with Crippen LogP contribution in [-0.2, 0) is 11.2 Å². The summed E-state index contributed by atoms with van der Waals surface area (Å²) in [7, 11) is 0. The number of nitrogens with two attached hydrogens (primary N) is 1. The lowest BCUT2D eigenvalue weighted by molar-refractivity contribution is -0.119. The highest BCUT2D eigenvalue weighted by Gasteiger charge is 2.21. The number of rotatable bonds is 6. The van der Waals surface area contributed by atoms with Gasteiger partial charge >= 0.3 is 0 Å². The number of hydrogen-bond donors (Lipinski definition) is 1. The zero-order chi connectivity index (χ0) is 14.4. The van der Waals surface area contributed by atoms with E-state index in [2.05, 4.69) is 47.1 Å². The van der Waals surface area contributed by atoms with Crippen molar-refractivity contribution in [1.82, 2.24) is 9.80 Å². The van der Waals surface area contributed by atoms with Crippen LogP contribution in [0, 0.1) is 0 Å². The average molecular weight is 275 g/mol. The maximum absolute atomic E-state index is 10.9. The van der Waals surface area contributed by atoms with Crippen LogP contribution in [0.15, 0.2) is 30.3 Å². The summed E-state index contributed by atoms with van der Waals surface area (Å²) in [6.07, 6.45) is 2.31. The van der Waals surface area contributed by atoms with Crippen molar-refractivity contribution in [3.63, 3.8) is 0 Å². The third kappa shape index (κ3) is 4.62. The van der Waals surface area contributed by atoms with Gasteiger partial charge in [0, 0.05) is 32.2 Å². The molecule has 20 heavy (non-hydrogen) atoms. The number of primary amides is 1. The Bertz CT molecular complexity index is 413. The molecule has 0 saturated carbocycles. The van der Waals surface area contributed by atoms with Gasteiger partial charge in [0.1, 0.15) is 0 Å². The van der Waals surface area contributed by atoms with E-state index in [1.165, 1.54) is 12.0 Å². The number of carbonyl (C=O) groups is 1. The van der Waals surface area contributed by atoms with Crippen molar-refractivity contribution in [3.8, 4) is 0 Å². The normalized spacial score (nSPS) is 18.9. The minimum absolute atomic E-state index is 0.226. The molecule has 0 unspecified atom stereocenters. The van der Waals surface area contributed by atoms with E-state index in [0.29, 0.717) is 12.6 Å². The fourth-order valence-corrected chi connectivity index (χ4v) is 2.79. The SMILES string of the molecule is C[C@@H](CCc1ccccc1)N1CCN(CC(N)=O)CC1. The molecule has 1 atom stereocenters. The number of nitrogens with zero attached hydrogens (tertiary/aromatic N) is 2. The van der Waals surface area contributed by atoms with Gasteiger partial charge in [0.25, 0.3) is 0 Å². The molecule has 1 saturated heterocycles. The van der Waals surface area contributed by atoms with Crippen LogP contribution < -0.4 is 5.73 Å². The van der Waals surface area contributed by atoms with Crippen molar-refractivity contribution in [2.24, 2.45) is 5.73 Å². The first-order valence-corrected chi connectivity index (χ1v) is 7.44. The molecule has 1 fully saturated rings. The summed E-state index contributed by atoms with van der Waals surface area (Å²) in [5.74, 6) is -0.226. The minimum Gasteiger partial charge on any atom is -0.369 e. The van der Waals surface area contributed by atoms with Gasteiger partial charge in [0.2, 0.25) is 5.91 Å². The van der Waals surface area contributed by atoms with Gasteiger partial charge in [-0.25, -0.2) is 0 Å². The highest BCUT2D eigenvalue weighted by atomic mass is 16.1. The predicted molar refractivity (Wildman–Crippen MR) is 81.4 cm³/mol. The molecule has 0 aliphatic carbocycles. The molecule has 0 aromatic heterocycles. The molecule has 1 aliphatic rings. The first-order valence-electron chi connectivity index (χ1n) is 7.44. The fraction of sp³-hybridized carbons (Fsp3) is 0.562. The van der Waals surface area contributed by atoms with Gasteiger partial charge in [0.05, 0.1) is 6.54 Å². The first-order chi connectivity index (χ1) is 9.65. The Balaban J connectivity index is 1.72. The smallest absolute Gasteiger partial charge is 0.231 e. The molecule has 2 rings (SSSR count). The van der Waals surface area contributed by atoms with Crippen LogP contribution in [0.3, 0.4) is 0 Å². The molecular formula is C16H25N3O. The molecular weight excluding hydrogens is 250 g/mol. The van der Waals surface area contributed by atoms with Gasteiger partial charge < -0.3 is 5.73 Å². The molecule has 1 heterocycles. The topological polar surface area (TPSA) is 49.6 Å². The largest absolute Gasteiger partial charge is 0.369 e. The van der Waals surface area contributed by atoms with Crippen molar-refractivity contribution in [1.29, 1.82) is 0 Å². The standard InChI is InChI=1S/C16H25N3O/c1-14(7-8-15-5-3-2-4-6-15)19-11-9-18(10-12-19)13-16(17)20/h2-6,14H,7-13H2,1H3,(H2,17,20)/t14-/m0/s1. The summed E-state index contributed by atoms with van der Waals surface area (Å²) in [6.45, 7) is 6.64. The lowest BCUT2D eigenvalue weighted by atomic mass is 10.0. The van der Waals surface area contributed by atoms with E-state index in [-0.39, 0.29) is 5.91 Å². The van der Waals surface area contributed by atoms with Crippen molar-refractivity contribution < 1.29 is 4.79 Å². The van der Waals surface area contributed by atoms with Gasteiger partial charge in [-0.2, -0.15) is 0 Å². The second-order valence-corrected chi connectivity index (χ2v) is 5.65. The monoisotopic (exact) mass is 275 g/mol. The maximum atomic E-state index is 10.9. The molecule has 1 aliphatic heterocycles. The Morgan fingerprint density at radius 2 is 1.85 bits per heavy atom. The van der Waals surface area contributed by atoms with Gasteiger partial charge in [-0.15, -0.1) is 0 Å².